The maximum atomic E-state index is 10.4. The first kappa shape index (κ1) is 36.1. The molecule has 0 saturated heterocycles. The second kappa shape index (κ2) is 17.4. The minimum atomic E-state index is -1.13. The van der Waals surface area contributed by atoms with Gasteiger partial charge in [-0.25, -0.2) is 28.8 Å². The summed E-state index contributed by atoms with van der Waals surface area (Å²) in [6.45, 7) is 0. The van der Waals surface area contributed by atoms with Crippen molar-refractivity contribution < 1.29 is 104 Å². The van der Waals surface area contributed by atoms with E-state index in [1.54, 1.807) is 0 Å². The second-order valence-electron chi connectivity index (χ2n) is 6.57. The Morgan fingerprint density at radius 3 is 0.579 bits per heavy atom. The molecule has 0 saturated carbocycles. The average Bonchev–Trinajstić information content (AvgIpc) is 2.85. The van der Waals surface area contributed by atoms with Gasteiger partial charge in [-0.05, 0) is 54.6 Å². The van der Waals surface area contributed by atoms with Crippen LogP contribution < -0.4 is 0 Å². The number of carboxylic acid groups (broad SMARTS) is 6. The molecular weight excluding hydrogens is 874 g/mol. The van der Waals surface area contributed by atoms with Gasteiger partial charge in [-0.2, -0.15) is 0 Å². The predicted octanol–water partition coefficient (Wildman–Crippen LogP) is 3.24. The van der Waals surface area contributed by atoms with Crippen molar-refractivity contribution >= 4 is 35.8 Å². The van der Waals surface area contributed by atoms with Crippen molar-refractivity contribution in [2.75, 3.05) is 0 Å². The smallest absolute Gasteiger partial charge is 0.335 e. The molecule has 38 heavy (non-hydrogen) atoms. The molecule has 0 aliphatic heterocycles. The van der Waals surface area contributed by atoms with Gasteiger partial charge in [0.1, 0.15) is 0 Å². The predicted molar refractivity (Wildman–Crippen MR) is 121 cm³/mol. The zero-order valence-corrected chi connectivity index (χ0v) is 23.0. The van der Waals surface area contributed by atoms with E-state index in [2.05, 4.69) is 0 Å². The Balaban J connectivity index is 0. The van der Waals surface area contributed by atoms with Gasteiger partial charge in [0, 0.05) is 44.8 Å². The van der Waals surface area contributed by atoms with E-state index in [4.69, 9.17) is 30.6 Å². The van der Waals surface area contributed by atoms with Gasteiger partial charge in [-0.1, -0.05) is 18.2 Å². The molecule has 0 amide bonds. The second-order valence-corrected chi connectivity index (χ2v) is 6.57. The third kappa shape index (κ3) is 12.3. The molecule has 0 heterocycles. The van der Waals surface area contributed by atoms with Crippen LogP contribution in [0.4, 0.5) is 0 Å². The molecule has 3 aromatic carbocycles. The topological polar surface area (TPSA) is 224 Å². The standard InChI is InChI=1S/3C8H6O4.2Au/c3*9-7(10)5-2-1-3-6(4-5)8(11)12;;/h3*1-4H,(H,9,10)(H,11,12);;. The van der Waals surface area contributed by atoms with E-state index in [0.717, 1.165) is 18.2 Å². The minimum absolute atomic E-state index is 0. The summed E-state index contributed by atoms with van der Waals surface area (Å²) >= 11 is 0. The molecule has 0 aliphatic carbocycles. The maximum absolute atomic E-state index is 10.4. The first-order valence-electron chi connectivity index (χ1n) is 9.53. The molecule has 0 spiro atoms. The molecule has 3 rings (SSSR count). The average molecular weight is 892 g/mol. The van der Waals surface area contributed by atoms with Crippen LogP contribution in [-0.2, 0) is 44.8 Å². The Labute approximate surface area is 245 Å². The summed E-state index contributed by atoms with van der Waals surface area (Å²) in [5.74, 6) is -6.76. The van der Waals surface area contributed by atoms with Crippen LogP contribution in [0.3, 0.4) is 0 Å². The van der Waals surface area contributed by atoms with Gasteiger partial charge in [-0.3, -0.25) is 0 Å². The van der Waals surface area contributed by atoms with Gasteiger partial charge in [-0.15, -0.1) is 0 Å². The Morgan fingerprint density at radius 2 is 0.474 bits per heavy atom. The molecule has 6 N–H and O–H groups in total. The van der Waals surface area contributed by atoms with Crippen molar-refractivity contribution in [2.24, 2.45) is 0 Å². The molecule has 0 unspecified atom stereocenters. The number of benzene rings is 3. The van der Waals surface area contributed by atoms with E-state index in [1.165, 1.54) is 54.6 Å². The van der Waals surface area contributed by atoms with Crippen LogP contribution in [0.5, 0.6) is 0 Å². The van der Waals surface area contributed by atoms with Crippen LogP contribution in [0.2, 0.25) is 0 Å². The van der Waals surface area contributed by atoms with Crippen LogP contribution in [-0.4, -0.2) is 66.5 Å². The molecule has 0 fully saturated rings. The van der Waals surface area contributed by atoms with Gasteiger partial charge in [0.15, 0.2) is 0 Å². The summed E-state index contributed by atoms with van der Waals surface area (Å²) in [6.07, 6.45) is 0. The molecular formula is C24H18Au2O12. The maximum Gasteiger partial charge on any atom is 0.335 e. The van der Waals surface area contributed by atoms with Crippen molar-refractivity contribution in [3.8, 4) is 0 Å². The van der Waals surface area contributed by atoms with Crippen LogP contribution in [0.1, 0.15) is 62.1 Å². The summed E-state index contributed by atoms with van der Waals surface area (Å²) in [5, 5.41) is 51.0. The van der Waals surface area contributed by atoms with E-state index < -0.39 is 35.8 Å². The normalized spacial score (nSPS) is 8.84. The van der Waals surface area contributed by atoms with E-state index in [0.29, 0.717) is 0 Å². The number of hydrogen-bond acceptors (Lipinski definition) is 6. The first-order chi connectivity index (χ1) is 16.8. The van der Waals surface area contributed by atoms with Crippen LogP contribution in [0.25, 0.3) is 0 Å². The van der Waals surface area contributed by atoms with Gasteiger partial charge < -0.3 is 30.6 Å². The number of aromatic carboxylic acids is 6. The van der Waals surface area contributed by atoms with Gasteiger partial charge >= 0.3 is 35.8 Å². The fourth-order valence-electron chi connectivity index (χ4n) is 2.36. The number of rotatable bonds is 6. The first-order valence-corrected chi connectivity index (χ1v) is 9.53. The van der Waals surface area contributed by atoms with Crippen molar-refractivity contribution in [3.05, 3.63) is 106 Å². The fraction of sp³-hybridized carbons (Fsp3) is 0. The Morgan fingerprint density at radius 1 is 0.342 bits per heavy atom. The zero-order chi connectivity index (χ0) is 27.4. The Kier molecular flexibility index (Phi) is 16.6. The van der Waals surface area contributed by atoms with E-state index in [1.807, 2.05) is 0 Å². The molecule has 3 aromatic rings. The fourth-order valence-corrected chi connectivity index (χ4v) is 2.36. The van der Waals surface area contributed by atoms with Crippen LogP contribution >= 0.6 is 0 Å². The van der Waals surface area contributed by atoms with Gasteiger partial charge in [0.05, 0.1) is 33.4 Å². The molecule has 0 bridgehead atoms. The molecule has 0 atom stereocenters. The minimum Gasteiger partial charge on any atom is -0.478 e. The quantitative estimate of drug-likeness (QED) is 0.197. The SMILES string of the molecule is O=C(O)c1cccc(C(=O)O)c1.O=C(O)c1cccc(C(=O)O)c1.O=C(O)c1cccc(C(=O)O)c1.[Au].[Au]. The van der Waals surface area contributed by atoms with Crippen molar-refractivity contribution in [1.29, 1.82) is 0 Å². The Hall–Kier alpha value is -4.04. The molecule has 14 heteroatoms. The monoisotopic (exact) mass is 892 g/mol. The summed E-state index contributed by atoms with van der Waals surface area (Å²) < 4.78 is 0. The summed E-state index contributed by atoms with van der Waals surface area (Å²) in [7, 11) is 0. The summed E-state index contributed by atoms with van der Waals surface area (Å²) in [5.41, 5.74) is -0.112. The van der Waals surface area contributed by atoms with Crippen LogP contribution in [0.15, 0.2) is 72.8 Å². The molecule has 12 nitrogen and oxygen atoms in total. The largest absolute Gasteiger partial charge is 0.478 e. The third-order valence-electron chi connectivity index (χ3n) is 4.07. The molecule has 0 aliphatic rings. The van der Waals surface area contributed by atoms with Crippen molar-refractivity contribution in [2.45, 2.75) is 0 Å². The van der Waals surface area contributed by atoms with Crippen molar-refractivity contribution in [1.82, 2.24) is 0 Å². The molecule has 2 radical (unpaired) electrons. The van der Waals surface area contributed by atoms with E-state index >= 15 is 0 Å². The number of carbonyl (C=O) groups is 6. The Bertz CT molecular complexity index is 1070. The van der Waals surface area contributed by atoms with Gasteiger partial charge in [0.2, 0.25) is 0 Å². The molecule has 0 aromatic heterocycles. The van der Waals surface area contributed by atoms with E-state index in [-0.39, 0.29) is 78.1 Å². The summed E-state index contributed by atoms with van der Waals surface area (Å²) in [6, 6.07) is 15.6. The van der Waals surface area contributed by atoms with Crippen molar-refractivity contribution in [3.63, 3.8) is 0 Å². The van der Waals surface area contributed by atoms with Gasteiger partial charge in [0.25, 0.3) is 0 Å². The number of hydrogen-bond donors (Lipinski definition) is 6. The zero-order valence-electron chi connectivity index (χ0n) is 18.7. The van der Waals surface area contributed by atoms with Crippen LogP contribution in [0, 0.1) is 0 Å². The summed E-state index contributed by atoms with van der Waals surface area (Å²) in [4.78, 5) is 62.3. The third-order valence-corrected chi connectivity index (χ3v) is 4.07. The van der Waals surface area contributed by atoms with E-state index in [9.17, 15) is 28.8 Å². The molecule has 208 valence electrons. The number of carboxylic acids is 6.